The van der Waals surface area contributed by atoms with Crippen molar-refractivity contribution >= 4 is 20.2 Å². The van der Waals surface area contributed by atoms with Gasteiger partial charge in [0.05, 0.1) is 300 Å². The summed E-state index contributed by atoms with van der Waals surface area (Å²) in [6.07, 6.45) is 37.0. The van der Waals surface area contributed by atoms with E-state index in [-0.39, 0.29) is 67.6 Å². The quantitative estimate of drug-likeness (QED) is 0.0202. The van der Waals surface area contributed by atoms with Crippen LogP contribution in [0, 0.1) is 0 Å². The number of unbranched alkanes of at least 4 members (excludes halogenated alkanes) is 7. The van der Waals surface area contributed by atoms with E-state index in [0.717, 1.165) is 54.6 Å². The Kier molecular flexibility index (Phi) is 107. The number of nitrogens with zero attached hydrogens (tertiary/aromatic N) is 13. The van der Waals surface area contributed by atoms with Gasteiger partial charge < -0.3 is 129 Å². The molecule has 0 bridgehead atoms. The maximum absolute atomic E-state index is 11.0. The second-order valence-corrected chi connectivity index (χ2v) is 49.0. The summed E-state index contributed by atoms with van der Waals surface area (Å²) >= 11 is 0. The number of piperidine rings is 1. The highest BCUT2D eigenvalue weighted by Crippen LogP contribution is 2.24. The Labute approximate surface area is 870 Å². The van der Waals surface area contributed by atoms with Crippen molar-refractivity contribution in [2.45, 2.75) is 295 Å². The molecule has 2 aliphatic rings. The maximum atomic E-state index is 11.0. The zero-order valence-corrected chi connectivity index (χ0v) is 102. The molecule has 836 valence electrons. The van der Waals surface area contributed by atoms with E-state index in [4.69, 9.17) is 10.2 Å². The molecule has 2 fully saturated rings. The number of halogens is 2. The topological polar surface area (TPSA) is 209 Å². The zero-order valence-electron chi connectivity index (χ0n) is 97.9. The predicted molar refractivity (Wildman–Crippen MR) is 585 cm³/mol. The van der Waals surface area contributed by atoms with Crippen LogP contribution in [0.2, 0.25) is 0 Å². The van der Waals surface area contributed by atoms with E-state index >= 15 is 0 Å². The van der Waals surface area contributed by atoms with Gasteiger partial charge in [0.2, 0.25) is 0 Å². The van der Waals surface area contributed by atoms with E-state index < -0.39 is 37.8 Å². The van der Waals surface area contributed by atoms with Crippen molar-refractivity contribution < 1.29 is 126 Å². The fourth-order valence-corrected chi connectivity index (χ4v) is 18.7. The van der Waals surface area contributed by atoms with Crippen LogP contribution >= 0.6 is 0 Å². The summed E-state index contributed by atoms with van der Waals surface area (Å²) in [5.74, 6) is -0.969. The molecule has 136 heavy (non-hydrogen) atoms. The number of likely N-dealkylation sites (tertiary alicyclic amines) is 1. The van der Waals surface area contributed by atoms with Gasteiger partial charge in [0.15, 0.2) is 6.10 Å². The van der Waals surface area contributed by atoms with Gasteiger partial charge in [-0.1, -0.05) is 153 Å². The van der Waals surface area contributed by atoms with Crippen LogP contribution in [0.25, 0.3) is 0 Å². The zero-order chi connectivity index (χ0) is 104. The molecule has 30 heteroatoms. The van der Waals surface area contributed by atoms with Crippen LogP contribution in [0.15, 0.2) is 0 Å². The summed E-state index contributed by atoms with van der Waals surface area (Å²) in [6, 6.07) is 1.55. The lowest BCUT2D eigenvalue weighted by atomic mass is 9.99. The summed E-state index contributed by atoms with van der Waals surface area (Å²) in [7, 11) is 44.1. The molecule has 0 aromatic rings. The number of nitrogens with one attached hydrogen (secondary N) is 4. The molecule has 0 spiro atoms. The van der Waals surface area contributed by atoms with Crippen molar-refractivity contribution in [3.8, 4) is 0 Å². The summed E-state index contributed by atoms with van der Waals surface area (Å²) < 4.78 is 73.4. The number of likely N-dealkylation sites (N-methyl/N-ethyl adjacent to an activating group) is 6. The molecule has 1 aliphatic carbocycles. The lowest BCUT2D eigenvalue weighted by molar-refractivity contribution is -0.934. The van der Waals surface area contributed by atoms with Crippen LogP contribution in [-0.4, -0.2) is 530 Å². The van der Waals surface area contributed by atoms with E-state index in [1.54, 1.807) is 33.7 Å². The van der Waals surface area contributed by atoms with E-state index in [1.165, 1.54) is 338 Å². The number of quaternary nitrogens is 12. The molecule has 1 saturated heterocycles. The number of hydrogen-bond donors (Lipinski definition) is 7. The second-order valence-electron chi connectivity index (χ2n) is 45.9. The lowest BCUT2D eigenvalue weighted by Crippen LogP contribution is -3.07. The molecule has 3 unspecified atom stereocenters. The van der Waals surface area contributed by atoms with Crippen molar-refractivity contribution in [1.82, 2.24) is 24.5 Å². The molecule has 0 amide bonds. The summed E-state index contributed by atoms with van der Waals surface area (Å²) in [5.41, 5.74) is 0. The molecule has 0 aromatic carbocycles. The van der Waals surface area contributed by atoms with Gasteiger partial charge in [-0.05, 0) is 120 Å². The van der Waals surface area contributed by atoms with Gasteiger partial charge >= 0.3 is 0 Å². The standard InChI is InChI=1S/C14H33N3O7S2.C14H31N2.C13H31N2O2.C13H31N2.4C11H27N2.C7H14.CH4.BrH.ClH/c1-15(2)12-14(18)13-17(4,9-11-26(22,23)24)8-5-6-16(3)7-10-25(19,20)21;1-6-15(13(4)5)14-9-11-16(7-2,8-3)12-10-14;1-4-5-9-15(3,11-13-17)10-6-7-14(2)8-12-16;1-6-9-12-15(4,5)13-10-11-14(7-2)8-3;3*1-6-7-10-13(4,5)11-8-9-12(2)3;1-6-7-8-10-13(4,5)11-9-12(2)3;1-2-4-6-7-5-3-1;;;/h14,18H,5-13H2,1-4H3,(H-,19,20,21,22,23,24);13-14H,6-12H2,1-5H3;16-17H,4-13H2,1-3H3;6-13H2,1-5H3;4*6-11H2,1-5H3;1-7H2;1H4;2*1H/q;7*+1;;;;/p+1. The molecule has 0 aromatic heterocycles. The van der Waals surface area contributed by atoms with Crippen LogP contribution in [-0.2, 0) is 20.2 Å². The molecule has 2 rings (SSSR count). The van der Waals surface area contributed by atoms with Crippen molar-refractivity contribution in [2.24, 2.45) is 0 Å². The Morgan fingerprint density at radius 1 is 0.375 bits per heavy atom. The summed E-state index contributed by atoms with van der Waals surface area (Å²) in [6.45, 7) is 65.8. The molecule has 7 N–H and O–H groups in total. The maximum Gasteiger partial charge on any atom is 0.152 e. The Bertz CT molecular complexity index is 2630. The highest BCUT2D eigenvalue weighted by Gasteiger charge is 2.34. The Morgan fingerprint density at radius 2 is 0.699 bits per heavy atom. The number of hydrogen-bond acceptors (Lipinski definition) is 14. The van der Waals surface area contributed by atoms with Crippen molar-refractivity contribution in [2.75, 3.05) is 410 Å². The minimum atomic E-state index is -4.35. The third-order valence-electron chi connectivity index (χ3n) is 27.4. The smallest absolute Gasteiger partial charge is 0.152 e. The van der Waals surface area contributed by atoms with Gasteiger partial charge in [0.1, 0.15) is 42.8 Å². The summed E-state index contributed by atoms with van der Waals surface area (Å²) in [4.78, 5) is 17.1. The molecule has 26 nitrogen and oxygen atoms in total. The third-order valence-corrected chi connectivity index (χ3v) is 28.8. The second kappa shape index (κ2) is 93.3. The van der Waals surface area contributed by atoms with Gasteiger partial charge in [0, 0.05) is 103 Å². The fourth-order valence-electron chi connectivity index (χ4n) is 17.5. The Balaban J connectivity index is -0.000000166. The fraction of sp³-hybridized carbons (Fsp3) is 1.00. The van der Waals surface area contributed by atoms with E-state index in [2.05, 4.69) is 244 Å². The van der Waals surface area contributed by atoms with Crippen LogP contribution in [0.3, 0.4) is 0 Å². The average Bonchev–Trinajstić information content (AvgIpc) is 0.863. The van der Waals surface area contributed by atoms with Gasteiger partial charge in [-0.25, -0.2) is 16.8 Å². The molecular formula is C106H255BrClN17O9S2+8. The van der Waals surface area contributed by atoms with Crippen molar-refractivity contribution in [3.05, 3.63) is 0 Å². The molecule has 3 atom stereocenters. The number of aliphatic hydroxyl groups is 3. The molecule has 1 heterocycles. The normalized spacial score (nSPS) is 15.1. The largest absolute Gasteiger partial charge is 1.00 e. The highest BCUT2D eigenvalue weighted by atomic mass is 79.9. The van der Waals surface area contributed by atoms with Gasteiger partial charge in [-0.3, -0.25) is 4.90 Å². The summed E-state index contributed by atoms with van der Waals surface area (Å²) in [5, 5.41) is 28.1. The predicted octanol–water partition coefficient (Wildman–Crippen LogP) is 2.60. The first-order valence-electron chi connectivity index (χ1n) is 54.8. The third kappa shape index (κ3) is 109. The van der Waals surface area contributed by atoms with Crippen LogP contribution in [0.4, 0.5) is 0 Å². The minimum absolute atomic E-state index is 0. The van der Waals surface area contributed by atoms with Gasteiger partial charge in [0.25, 0.3) is 0 Å². The van der Waals surface area contributed by atoms with E-state index in [1.807, 2.05) is 21.1 Å². The van der Waals surface area contributed by atoms with Crippen LogP contribution in [0.5, 0.6) is 0 Å². The van der Waals surface area contributed by atoms with Crippen molar-refractivity contribution in [3.63, 3.8) is 0 Å². The monoisotopic (exact) mass is 2090 g/mol. The molecule has 0 radical (unpaired) electrons. The van der Waals surface area contributed by atoms with Crippen LogP contribution < -0.4 is 49.0 Å². The lowest BCUT2D eigenvalue weighted by Gasteiger charge is -2.46. The van der Waals surface area contributed by atoms with Crippen molar-refractivity contribution in [1.29, 1.82) is 0 Å². The first-order chi connectivity index (χ1) is 61.7. The molecule has 1 aliphatic heterocycles. The van der Waals surface area contributed by atoms with E-state index in [0.29, 0.717) is 38.6 Å². The average molecular weight is 2090 g/mol. The van der Waals surface area contributed by atoms with Gasteiger partial charge in [-0.15, -0.1) is 0 Å². The molecular weight excluding hydrogens is 1830 g/mol. The Hall–Kier alpha value is -0.210. The Morgan fingerprint density at radius 3 is 1.01 bits per heavy atom. The van der Waals surface area contributed by atoms with E-state index in [9.17, 15) is 31.0 Å². The van der Waals surface area contributed by atoms with Crippen LogP contribution in [0.1, 0.15) is 277 Å². The highest BCUT2D eigenvalue weighted by molar-refractivity contribution is 7.85. The first kappa shape index (κ1) is 156. The molecule has 1 saturated carbocycles. The minimum Gasteiger partial charge on any atom is -1.00 e. The van der Waals surface area contributed by atoms with Gasteiger partial charge in [-0.2, -0.15) is 0 Å². The SMILES string of the molecule is C.C1CCCCCC1.CCCCC[N+](C)(C)CC[NH+](C)C.CCCC[N+](C)(C)CCCN(C)C.CCCC[N+](C)(C)CCCN(CC)CC.CCCC[N+](C)(C)CCC[NH+](C)C.CCCC[N+](C)(C)CCC[NH+](C)C.CCCC[N+](C)(CCO)CCCN(C)CCO.CCN(C(C)C)C1CC[N+](CC)(CC)CC1.CN(CCC[N+](C)(CCS(=O)(=O)[O-])CC(O)C[NH+](C)C)CCS(=O)(=O)[O-].[Br-].[Cl-]. The number of rotatable bonds is 67. The number of aliphatic hydroxyl groups excluding tert-OH is 3. The first-order valence-corrected chi connectivity index (χ1v) is 57.9.